The van der Waals surface area contributed by atoms with Crippen molar-refractivity contribution in [2.24, 2.45) is 0 Å². The number of halogens is 2. The Morgan fingerprint density at radius 2 is 1.64 bits per heavy atom. The van der Waals surface area contributed by atoms with Gasteiger partial charge in [-0.1, -0.05) is 47.6 Å². The smallest absolute Gasteiger partial charge is 0.201 e. The van der Waals surface area contributed by atoms with E-state index in [0.29, 0.717) is 27.7 Å². The number of aromatic nitrogens is 3. The van der Waals surface area contributed by atoms with Crippen LogP contribution in [0.1, 0.15) is 57.5 Å². The highest BCUT2D eigenvalue weighted by molar-refractivity contribution is 6.82. The summed E-state index contributed by atoms with van der Waals surface area (Å²) in [6.07, 6.45) is 6.95. The molecule has 1 aromatic carbocycles. The monoisotopic (exact) mass is 506 g/mol. The standard InChI is InChI=1S/C28H32F2N4OSi/c1-16(2)36(17(3)4,18(5)6)34-15-22(27(35)25-23(29)9-10-24(31)26(25)30)21-12-20(14-33-28(21)34)19-8-7-11-32-13-19/h7-18H,31H2,1-6H3. The molecule has 36 heavy (non-hydrogen) atoms. The average molecular weight is 507 g/mol. The largest absolute Gasteiger partial charge is 0.396 e. The number of fused-ring (bicyclic) bond motifs is 1. The van der Waals surface area contributed by atoms with Crippen molar-refractivity contribution in [3.63, 3.8) is 0 Å². The van der Waals surface area contributed by atoms with Crippen LogP contribution in [0, 0.1) is 11.6 Å². The van der Waals surface area contributed by atoms with E-state index in [0.717, 1.165) is 23.3 Å². The van der Waals surface area contributed by atoms with Crippen molar-refractivity contribution in [1.29, 1.82) is 0 Å². The molecule has 3 aromatic heterocycles. The van der Waals surface area contributed by atoms with Crippen LogP contribution in [0.5, 0.6) is 0 Å². The predicted molar refractivity (Wildman–Crippen MR) is 144 cm³/mol. The molecule has 4 rings (SSSR count). The number of pyridine rings is 2. The number of hydrogen-bond acceptors (Lipinski definition) is 4. The van der Waals surface area contributed by atoms with Crippen molar-refractivity contribution < 1.29 is 13.6 Å². The topological polar surface area (TPSA) is 73.8 Å². The molecule has 0 aliphatic heterocycles. The fourth-order valence-corrected chi connectivity index (χ4v) is 12.6. The Balaban J connectivity index is 2.09. The van der Waals surface area contributed by atoms with Gasteiger partial charge in [0.1, 0.15) is 11.5 Å². The van der Waals surface area contributed by atoms with E-state index in [1.807, 2.05) is 18.2 Å². The van der Waals surface area contributed by atoms with Crippen LogP contribution in [0.4, 0.5) is 14.5 Å². The maximum atomic E-state index is 15.0. The number of anilines is 1. The van der Waals surface area contributed by atoms with E-state index in [2.05, 4.69) is 50.8 Å². The minimum Gasteiger partial charge on any atom is -0.396 e. The molecule has 0 aliphatic carbocycles. The Hall–Kier alpha value is -3.39. The van der Waals surface area contributed by atoms with Gasteiger partial charge in [0.05, 0.1) is 11.3 Å². The van der Waals surface area contributed by atoms with Gasteiger partial charge in [0.25, 0.3) is 0 Å². The van der Waals surface area contributed by atoms with Crippen LogP contribution < -0.4 is 5.73 Å². The molecule has 188 valence electrons. The summed E-state index contributed by atoms with van der Waals surface area (Å²) in [5.74, 6) is -2.73. The van der Waals surface area contributed by atoms with Gasteiger partial charge in [0.2, 0.25) is 5.78 Å². The van der Waals surface area contributed by atoms with Crippen molar-refractivity contribution in [1.82, 2.24) is 14.2 Å². The van der Waals surface area contributed by atoms with Gasteiger partial charge in [-0.3, -0.25) is 9.78 Å². The predicted octanol–water partition coefficient (Wildman–Crippen LogP) is 7.21. The first-order valence-electron chi connectivity index (χ1n) is 12.2. The summed E-state index contributed by atoms with van der Waals surface area (Å²) in [5.41, 5.74) is 8.20. The summed E-state index contributed by atoms with van der Waals surface area (Å²) in [6, 6.07) is 7.75. The molecule has 8 heteroatoms. The van der Waals surface area contributed by atoms with Gasteiger partial charge in [-0.15, -0.1) is 0 Å². The number of ketones is 1. The highest BCUT2D eigenvalue weighted by atomic mass is 28.3. The van der Waals surface area contributed by atoms with E-state index in [1.165, 1.54) is 0 Å². The van der Waals surface area contributed by atoms with Gasteiger partial charge in [-0.05, 0) is 40.9 Å². The number of carbonyl (C=O) groups is 1. The minimum atomic E-state index is -2.35. The van der Waals surface area contributed by atoms with Gasteiger partial charge in [0.15, 0.2) is 14.1 Å². The SMILES string of the molecule is CC(C)[Si](C(C)C)(C(C)C)n1cc(C(=O)c2c(F)ccc(N)c2F)c2cc(-c3cccnc3)cnc21. The lowest BCUT2D eigenvalue weighted by molar-refractivity contribution is 0.103. The molecule has 0 fully saturated rings. The highest BCUT2D eigenvalue weighted by Gasteiger charge is 2.46. The van der Waals surface area contributed by atoms with E-state index in [1.54, 1.807) is 24.8 Å². The third-order valence-corrected chi connectivity index (χ3v) is 14.1. The van der Waals surface area contributed by atoms with E-state index in [4.69, 9.17) is 10.7 Å². The summed E-state index contributed by atoms with van der Waals surface area (Å²) >= 11 is 0. The maximum Gasteiger partial charge on any atom is 0.201 e. The molecule has 5 nitrogen and oxygen atoms in total. The second kappa shape index (κ2) is 9.58. The molecule has 2 N–H and O–H groups in total. The highest BCUT2D eigenvalue weighted by Crippen LogP contribution is 2.45. The number of nitrogens with zero attached hydrogens (tertiary/aromatic N) is 3. The second-order valence-electron chi connectivity index (χ2n) is 10.3. The third kappa shape index (κ3) is 3.93. The lowest BCUT2D eigenvalue weighted by atomic mass is 10.00. The number of carbonyl (C=O) groups excluding carboxylic acids is 1. The molecule has 0 saturated carbocycles. The third-order valence-electron chi connectivity index (χ3n) is 7.42. The summed E-state index contributed by atoms with van der Waals surface area (Å²) in [6.45, 7) is 13.3. The normalized spacial score (nSPS) is 12.3. The zero-order valence-electron chi connectivity index (χ0n) is 21.5. The van der Waals surface area contributed by atoms with Gasteiger partial charge in [-0.25, -0.2) is 13.8 Å². The lowest BCUT2D eigenvalue weighted by Crippen LogP contribution is -2.51. The average Bonchev–Trinajstić information content (AvgIpc) is 3.21. The van der Waals surface area contributed by atoms with E-state index in [9.17, 15) is 13.6 Å². The molecule has 3 heterocycles. The first-order valence-corrected chi connectivity index (χ1v) is 14.4. The minimum absolute atomic E-state index is 0.213. The van der Waals surface area contributed by atoms with Crippen molar-refractivity contribution in [2.75, 3.05) is 5.73 Å². The van der Waals surface area contributed by atoms with Crippen LogP contribution in [0.15, 0.2) is 55.1 Å². The first kappa shape index (κ1) is 25.7. The van der Waals surface area contributed by atoms with Crippen LogP contribution >= 0.6 is 0 Å². The quantitative estimate of drug-likeness (QED) is 0.163. The molecular formula is C28H32F2N4OSi. The Morgan fingerprint density at radius 3 is 2.22 bits per heavy atom. The van der Waals surface area contributed by atoms with Crippen LogP contribution in [0.2, 0.25) is 16.6 Å². The van der Waals surface area contributed by atoms with Crippen molar-refractivity contribution in [3.05, 3.63) is 77.9 Å². The molecule has 0 bridgehead atoms. The van der Waals surface area contributed by atoms with Gasteiger partial charge in [0, 0.05) is 46.9 Å². The molecular weight excluding hydrogens is 474 g/mol. The summed E-state index contributed by atoms with van der Waals surface area (Å²) < 4.78 is 31.9. The van der Waals surface area contributed by atoms with Crippen molar-refractivity contribution >= 4 is 30.7 Å². The van der Waals surface area contributed by atoms with Gasteiger partial charge >= 0.3 is 0 Å². The van der Waals surface area contributed by atoms with Crippen molar-refractivity contribution in [2.45, 2.75) is 58.2 Å². The Bertz CT molecular complexity index is 1410. The molecule has 0 radical (unpaired) electrons. The molecule has 0 saturated heterocycles. The summed E-state index contributed by atoms with van der Waals surface area (Å²) in [5, 5.41) is 0.557. The fraction of sp³-hybridized carbons (Fsp3) is 0.321. The van der Waals surface area contributed by atoms with Crippen LogP contribution in [0.3, 0.4) is 0 Å². The zero-order chi connectivity index (χ0) is 26.4. The number of benzene rings is 1. The van der Waals surface area contributed by atoms with E-state index < -0.39 is 31.2 Å². The number of rotatable bonds is 7. The Morgan fingerprint density at radius 1 is 0.972 bits per heavy atom. The summed E-state index contributed by atoms with van der Waals surface area (Å²) in [7, 11) is -2.35. The summed E-state index contributed by atoms with van der Waals surface area (Å²) in [4.78, 5) is 22.8. The fourth-order valence-electron chi connectivity index (χ4n) is 6.02. The second-order valence-corrected chi connectivity index (χ2v) is 16.0. The number of nitrogen functional groups attached to an aromatic ring is 1. The Kier molecular flexibility index (Phi) is 6.83. The maximum absolute atomic E-state index is 15.0. The van der Waals surface area contributed by atoms with E-state index in [-0.39, 0.29) is 11.3 Å². The Labute approximate surface area is 211 Å². The molecule has 0 amide bonds. The number of nitrogens with two attached hydrogens (primary N) is 1. The molecule has 4 aromatic rings. The zero-order valence-corrected chi connectivity index (χ0v) is 22.5. The molecule has 0 spiro atoms. The van der Waals surface area contributed by atoms with Gasteiger partial charge < -0.3 is 9.97 Å². The van der Waals surface area contributed by atoms with E-state index >= 15 is 0 Å². The molecule has 0 unspecified atom stereocenters. The lowest BCUT2D eigenvalue weighted by Gasteiger charge is -2.44. The molecule has 0 atom stereocenters. The van der Waals surface area contributed by atoms with Crippen LogP contribution in [0.25, 0.3) is 22.2 Å². The van der Waals surface area contributed by atoms with Crippen LogP contribution in [-0.2, 0) is 0 Å². The molecule has 0 aliphatic rings. The first-order chi connectivity index (χ1) is 17.0. The van der Waals surface area contributed by atoms with Gasteiger partial charge in [-0.2, -0.15) is 0 Å². The van der Waals surface area contributed by atoms with Crippen molar-refractivity contribution in [3.8, 4) is 11.1 Å². The van der Waals surface area contributed by atoms with Crippen LogP contribution in [-0.4, -0.2) is 28.2 Å². The number of hydrogen-bond donors (Lipinski definition) is 1.